The van der Waals surface area contributed by atoms with Crippen LogP contribution in [0.15, 0.2) is 65.8 Å². The van der Waals surface area contributed by atoms with Crippen molar-refractivity contribution in [2.45, 2.75) is 32.9 Å². The fourth-order valence-electron chi connectivity index (χ4n) is 2.23. The Kier molecular flexibility index (Phi) is 3.91. The molecule has 23 heavy (non-hydrogen) atoms. The van der Waals surface area contributed by atoms with Gasteiger partial charge in [-0.1, -0.05) is 19.1 Å². The molecule has 0 spiro atoms. The molecule has 0 aliphatic carbocycles. The zero-order chi connectivity index (χ0) is 16.8. The first kappa shape index (κ1) is 16.3. The van der Waals surface area contributed by atoms with Gasteiger partial charge in [-0.3, -0.25) is 0 Å². The van der Waals surface area contributed by atoms with Crippen LogP contribution >= 0.6 is 0 Å². The Hall–Kier alpha value is -1.55. The Bertz CT molecular complexity index is 1020. The first-order valence-electron chi connectivity index (χ1n) is 6.70. The first-order valence-corrected chi connectivity index (χ1v) is 10.9. The lowest BCUT2D eigenvalue weighted by atomic mass is 10.2. The predicted octanol–water partition coefficient (Wildman–Crippen LogP) is 1.82. The second-order valence-corrected chi connectivity index (χ2v) is 10.0. The van der Waals surface area contributed by atoms with Crippen LogP contribution in [0.5, 0.6) is 0 Å². The van der Waals surface area contributed by atoms with E-state index in [0.29, 0.717) is 4.90 Å². The van der Waals surface area contributed by atoms with Crippen molar-refractivity contribution in [1.29, 1.82) is 0 Å². The molecule has 122 valence electrons. The van der Waals surface area contributed by atoms with Crippen molar-refractivity contribution in [2.75, 3.05) is 0 Å². The predicted molar refractivity (Wildman–Crippen MR) is 87.1 cm³/mol. The van der Waals surface area contributed by atoms with Gasteiger partial charge in [0, 0.05) is 9.79 Å². The Morgan fingerprint density at radius 2 is 1.78 bits per heavy atom. The number of hydrogen-bond acceptors (Lipinski definition) is 4. The molecular weight excluding hydrogens is 356 g/mol. The van der Waals surface area contributed by atoms with E-state index in [1.807, 2.05) is 31.2 Å². The van der Waals surface area contributed by atoms with E-state index in [2.05, 4.69) is 3.77 Å². The molecule has 1 aliphatic rings. The lowest BCUT2D eigenvalue weighted by Crippen LogP contribution is -2.12. The minimum atomic E-state index is -3.91. The average molecular weight is 370 g/mol. The average Bonchev–Trinajstić information content (AvgIpc) is 2.78. The Morgan fingerprint density at radius 3 is 2.35 bits per heavy atom. The molecule has 1 atom stereocenters. The summed E-state index contributed by atoms with van der Waals surface area (Å²) in [5.74, 6) is 0. The van der Waals surface area contributed by atoms with Gasteiger partial charge in [-0.15, -0.1) is 3.77 Å². The Balaban J connectivity index is 2.21. The number of hydrogen-bond donors (Lipinski definition) is 1. The highest BCUT2D eigenvalue weighted by Crippen LogP contribution is 2.35. The van der Waals surface area contributed by atoms with Gasteiger partial charge in [0.2, 0.25) is 10.0 Å². The fourth-order valence-corrected chi connectivity index (χ4v) is 6.87. The third kappa shape index (κ3) is 2.97. The molecule has 1 aliphatic heterocycles. The van der Waals surface area contributed by atoms with E-state index in [4.69, 9.17) is 5.14 Å². The maximum Gasteiger partial charge on any atom is 0.289 e. The van der Waals surface area contributed by atoms with Gasteiger partial charge >= 0.3 is 0 Å². The smallest absolute Gasteiger partial charge is 0.225 e. The normalized spacial score (nSPS) is 19.1. The number of aryl methyl sites for hydroxylation is 1. The summed E-state index contributed by atoms with van der Waals surface area (Å²) < 4.78 is 51.3. The van der Waals surface area contributed by atoms with Crippen LogP contribution in [0.1, 0.15) is 12.5 Å². The molecular formula is C14H14N2O4S3. The quantitative estimate of drug-likeness (QED) is 0.889. The van der Waals surface area contributed by atoms with Crippen LogP contribution in [0, 0.1) is 0 Å². The first-order chi connectivity index (χ1) is 10.7. The lowest BCUT2D eigenvalue weighted by molar-refractivity contribution is 0.593. The molecule has 0 bridgehead atoms. The van der Waals surface area contributed by atoms with Gasteiger partial charge in [0.25, 0.3) is 10.0 Å². The molecule has 1 unspecified atom stereocenters. The molecule has 3 rings (SSSR count). The Labute approximate surface area is 137 Å². The van der Waals surface area contributed by atoms with Gasteiger partial charge in [-0.05, 0) is 53.0 Å². The van der Waals surface area contributed by atoms with Crippen molar-refractivity contribution < 1.29 is 16.8 Å². The molecule has 6 nitrogen and oxygen atoms in total. The SMILES string of the molecule is CCc1ccc(S2=NS(=O)(=O)c3ccc(S(N)(=O)=O)cc32)cc1. The van der Waals surface area contributed by atoms with Crippen molar-refractivity contribution in [3.05, 3.63) is 48.0 Å². The number of sulfonamides is 2. The van der Waals surface area contributed by atoms with Crippen LogP contribution in [-0.4, -0.2) is 16.8 Å². The van der Waals surface area contributed by atoms with E-state index in [9.17, 15) is 16.8 Å². The van der Waals surface area contributed by atoms with Gasteiger partial charge in [0.05, 0.1) is 4.90 Å². The second kappa shape index (κ2) is 5.52. The van der Waals surface area contributed by atoms with Crippen molar-refractivity contribution in [2.24, 2.45) is 8.91 Å². The molecule has 0 fully saturated rings. The van der Waals surface area contributed by atoms with Crippen LogP contribution in [0.4, 0.5) is 0 Å². The van der Waals surface area contributed by atoms with Gasteiger partial charge in [0.1, 0.15) is 4.90 Å². The van der Waals surface area contributed by atoms with Gasteiger partial charge in [0.15, 0.2) is 0 Å². The van der Waals surface area contributed by atoms with E-state index in [-0.39, 0.29) is 9.79 Å². The van der Waals surface area contributed by atoms with Gasteiger partial charge < -0.3 is 0 Å². The molecule has 2 aromatic rings. The highest BCUT2D eigenvalue weighted by molar-refractivity contribution is 8.03. The zero-order valence-corrected chi connectivity index (χ0v) is 14.6. The fraction of sp³-hybridized carbons (Fsp3) is 0.143. The molecule has 9 heteroatoms. The third-order valence-electron chi connectivity index (χ3n) is 3.46. The highest BCUT2D eigenvalue weighted by atomic mass is 32.3. The largest absolute Gasteiger partial charge is 0.289 e. The van der Waals surface area contributed by atoms with Crippen LogP contribution in [0.3, 0.4) is 0 Å². The van der Waals surface area contributed by atoms with E-state index >= 15 is 0 Å². The van der Waals surface area contributed by atoms with Gasteiger partial charge in [-0.25, -0.2) is 13.6 Å². The van der Waals surface area contributed by atoms with Crippen LogP contribution in [-0.2, 0) is 37.2 Å². The summed E-state index contributed by atoms with van der Waals surface area (Å²) in [7, 11) is -8.76. The minimum Gasteiger partial charge on any atom is -0.225 e. The standard InChI is InChI=1S/C14H14N2O4S3/c1-2-10-3-5-11(6-4-10)21-13-9-12(22(15,17)18)7-8-14(13)23(19,20)16-21/h3-9H,2H2,1H3,(H2,15,17,18). The number of benzene rings is 2. The van der Waals surface area contributed by atoms with Crippen molar-refractivity contribution in [1.82, 2.24) is 0 Å². The second-order valence-electron chi connectivity index (χ2n) is 4.99. The molecule has 2 N–H and O–H groups in total. The third-order valence-corrected chi connectivity index (χ3v) is 8.26. The number of primary sulfonamides is 1. The molecule has 0 aromatic heterocycles. The summed E-state index contributed by atoms with van der Waals surface area (Å²) in [6.07, 6.45) is 0.871. The maximum absolute atomic E-state index is 12.2. The van der Waals surface area contributed by atoms with E-state index in [1.165, 1.54) is 18.2 Å². The van der Waals surface area contributed by atoms with Crippen LogP contribution < -0.4 is 5.14 Å². The number of nitrogens with zero attached hydrogens (tertiary/aromatic N) is 1. The molecule has 1 heterocycles. The van der Waals surface area contributed by atoms with E-state index < -0.39 is 30.7 Å². The molecule has 0 saturated heterocycles. The lowest BCUT2D eigenvalue weighted by Gasteiger charge is -2.06. The van der Waals surface area contributed by atoms with Crippen molar-refractivity contribution >= 4 is 30.7 Å². The maximum atomic E-state index is 12.2. The molecule has 0 saturated carbocycles. The molecule has 0 radical (unpaired) electrons. The highest BCUT2D eigenvalue weighted by Gasteiger charge is 2.30. The summed E-state index contributed by atoms with van der Waals surface area (Å²) in [5, 5.41) is 5.14. The minimum absolute atomic E-state index is 0.0350. The van der Waals surface area contributed by atoms with Crippen LogP contribution in [0.2, 0.25) is 0 Å². The van der Waals surface area contributed by atoms with Crippen molar-refractivity contribution in [3.63, 3.8) is 0 Å². The van der Waals surface area contributed by atoms with Gasteiger partial charge in [-0.2, -0.15) is 8.42 Å². The summed E-state index contributed by atoms with van der Waals surface area (Å²) >= 11 is 0. The summed E-state index contributed by atoms with van der Waals surface area (Å²) in [5.41, 5.74) is 1.12. The topological polar surface area (TPSA) is 107 Å². The molecule has 0 amide bonds. The number of nitrogens with two attached hydrogens (primary N) is 1. The monoisotopic (exact) mass is 370 g/mol. The van der Waals surface area contributed by atoms with E-state index in [1.54, 1.807) is 0 Å². The number of rotatable bonds is 3. The summed E-state index contributed by atoms with van der Waals surface area (Å²) in [6.45, 7) is 2.02. The van der Waals surface area contributed by atoms with Crippen LogP contribution in [0.25, 0.3) is 0 Å². The molecule has 2 aromatic carbocycles. The zero-order valence-electron chi connectivity index (χ0n) is 12.1. The summed E-state index contributed by atoms with van der Waals surface area (Å²) in [4.78, 5) is 0.996. The Morgan fingerprint density at radius 1 is 1.13 bits per heavy atom. The number of fused-ring (bicyclic) bond motifs is 1. The van der Waals surface area contributed by atoms with Crippen molar-refractivity contribution in [3.8, 4) is 0 Å². The van der Waals surface area contributed by atoms with E-state index in [0.717, 1.165) is 16.9 Å². The summed E-state index contributed by atoms with van der Waals surface area (Å²) in [6, 6.07) is 11.2.